The summed E-state index contributed by atoms with van der Waals surface area (Å²) >= 11 is 6.17. The summed E-state index contributed by atoms with van der Waals surface area (Å²) in [5, 5.41) is 13.5. The van der Waals surface area contributed by atoms with Gasteiger partial charge in [-0.2, -0.15) is 4.98 Å². The monoisotopic (exact) mass is 510 g/mol. The van der Waals surface area contributed by atoms with Gasteiger partial charge in [-0.1, -0.05) is 11.6 Å². The Hall–Kier alpha value is -3.11. The van der Waals surface area contributed by atoms with Crippen molar-refractivity contribution in [1.82, 2.24) is 9.97 Å². The normalized spacial score (nSPS) is 16.2. The number of anilines is 6. The van der Waals surface area contributed by atoms with Crippen molar-refractivity contribution in [2.75, 3.05) is 79.7 Å². The largest absolute Gasteiger partial charge is 0.392 e. The maximum absolute atomic E-state index is 9.58. The van der Waals surface area contributed by atoms with E-state index >= 15 is 0 Å². The summed E-state index contributed by atoms with van der Waals surface area (Å²) in [6, 6.07) is 13.9. The fourth-order valence-electron chi connectivity index (χ4n) is 4.42. The smallest absolute Gasteiger partial charge is 0.229 e. The predicted octanol–water partition coefficient (Wildman–Crippen LogP) is 3.81. The molecule has 2 aliphatic rings. The van der Waals surface area contributed by atoms with Crippen molar-refractivity contribution >= 4 is 46.1 Å². The average Bonchev–Trinajstić information content (AvgIpc) is 2.94. The zero-order valence-corrected chi connectivity index (χ0v) is 21.1. The second-order valence-electron chi connectivity index (χ2n) is 8.79. The van der Waals surface area contributed by atoms with Gasteiger partial charge in [-0.15, -0.1) is 0 Å². The summed E-state index contributed by atoms with van der Waals surface area (Å²) in [5.41, 5.74) is 4.77. The summed E-state index contributed by atoms with van der Waals surface area (Å²) in [6.07, 6.45) is 1.73. The molecule has 0 bridgehead atoms. The summed E-state index contributed by atoms with van der Waals surface area (Å²) in [6.45, 7) is 6.23. The first-order chi connectivity index (χ1) is 17.6. The molecule has 0 radical (unpaired) electrons. The molecule has 2 fully saturated rings. The minimum Gasteiger partial charge on any atom is -0.392 e. The second kappa shape index (κ2) is 11.3. The highest BCUT2D eigenvalue weighted by Crippen LogP contribution is 2.31. The minimum absolute atomic E-state index is 0.123. The average molecular weight is 511 g/mol. The van der Waals surface area contributed by atoms with Crippen LogP contribution in [0.5, 0.6) is 0 Å². The van der Waals surface area contributed by atoms with E-state index in [4.69, 9.17) is 26.1 Å². The van der Waals surface area contributed by atoms with Crippen molar-refractivity contribution in [3.8, 4) is 0 Å². The topological polar surface area (TPSA) is 86.2 Å². The number of morpholine rings is 2. The number of aliphatic hydroxyl groups is 1. The van der Waals surface area contributed by atoms with Gasteiger partial charge in [0.15, 0.2) is 0 Å². The molecule has 9 nitrogen and oxygen atoms in total. The van der Waals surface area contributed by atoms with Gasteiger partial charge in [0.2, 0.25) is 5.95 Å². The zero-order valence-electron chi connectivity index (χ0n) is 20.4. The van der Waals surface area contributed by atoms with Crippen LogP contribution in [0.1, 0.15) is 5.56 Å². The van der Waals surface area contributed by atoms with Crippen LogP contribution in [-0.4, -0.2) is 74.7 Å². The summed E-state index contributed by atoms with van der Waals surface area (Å²) in [4.78, 5) is 15.8. The fourth-order valence-corrected chi connectivity index (χ4v) is 4.60. The molecule has 5 rings (SSSR count). The maximum Gasteiger partial charge on any atom is 0.229 e. The van der Waals surface area contributed by atoms with Crippen molar-refractivity contribution in [3.05, 3.63) is 59.2 Å². The third kappa shape index (κ3) is 5.65. The predicted molar refractivity (Wildman–Crippen MR) is 143 cm³/mol. The summed E-state index contributed by atoms with van der Waals surface area (Å²) < 4.78 is 11.1. The molecule has 190 valence electrons. The Labute approximate surface area is 216 Å². The first-order valence-corrected chi connectivity index (χ1v) is 12.5. The van der Waals surface area contributed by atoms with E-state index in [0.717, 1.165) is 81.2 Å². The highest BCUT2D eigenvalue weighted by atomic mass is 35.5. The Morgan fingerprint density at radius 3 is 2.19 bits per heavy atom. The standard InChI is InChI=1S/C26H31ClN6O3/c1-31(21-2-3-24(27)19(14-21)18-34)25-4-5-28-26(30-25)29-20-15-22(32-6-10-35-11-7-32)17-23(16-20)33-8-12-36-13-9-33/h2-5,14-17,34H,6-13,18H2,1H3,(H,28,29,30). The number of hydrogen-bond acceptors (Lipinski definition) is 9. The van der Waals surface area contributed by atoms with Gasteiger partial charge in [0, 0.05) is 67.2 Å². The quantitative estimate of drug-likeness (QED) is 0.492. The molecular formula is C26H31ClN6O3. The molecule has 2 N–H and O–H groups in total. The first-order valence-electron chi connectivity index (χ1n) is 12.1. The number of benzene rings is 2. The molecule has 3 aromatic rings. The molecule has 0 atom stereocenters. The van der Waals surface area contributed by atoms with E-state index < -0.39 is 0 Å². The van der Waals surface area contributed by atoms with E-state index in [9.17, 15) is 5.11 Å². The lowest BCUT2D eigenvalue weighted by Crippen LogP contribution is -2.38. The number of hydrogen-bond donors (Lipinski definition) is 2. The van der Waals surface area contributed by atoms with E-state index in [0.29, 0.717) is 16.5 Å². The van der Waals surface area contributed by atoms with Crippen LogP contribution in [0.25, 0.3) is 0 Å². The van der Waals surface area contributed by atoms with Gasteiger partial charge < -0.3 is 34.6 Å². The SMILES string of the molecule is CN(c1ccc(Cl)c(CO)c1)c1ccnc(Nc2cc(N3CCOCC3)cc(N3CCOCC3)c2)n1. The Kier molecular flexibility index (Phi) is 7.72. The number of rotatable bonds is 7. The molecule has 2 aromatic carbocycles. The van der Waals surface area contributed by atoms with E-state index in [2.05, 4.69) is 38.3 Å². The number of aliphatic hydroxyl groups excluding tert-OH is 1. The second-order valence-corrected chi connectivity index (χ2v) is 9.20. The van der Waals surface area contributed by atoms with E-state index in [1.54, 1.807) is 12.3 Å². The molecule has 10 heteroatoms. The Morgan fingerprint density at radius 1 is 0.944 bits per heavy atom. The van der Waals surface area contributed by atoms with Crippen molar-refractivity contribution in [2.24, 2.45) is 0 Å². The number of halogens is 1. The molecule has 2 saturated heterocycles. The van der Waals surface area contributed by atoms with Crippen LogP contribution in [-0.2, 0) is 16.1 Å². The molecule has 1 aromatic heterocycles. The van der Waals surface area contributed by atoms with Gasteiger partial charge in [-0.25, -0.2) is 4.98 Å². The molecule has 2 aliphatic heterocycles. The molecular weight excluding hydrogens is 480 g/mol. The van der Waals surface area contributed by atoms with Crippen LogP contribution in [0, 0.1) is 0 Å². The number of nitrogens with one attached hydrogen (secondary N) is 1. The third-order valence-electron chi connectivity index (χ3n) is 6.48. The Bertz CT molecular complexity index is 1150. The minimum atomic E-state index is -0.123. The van der Waals surface area contributed by atoms with Gasteiger partial charge in [-0.3, -0.25) is 0 Å². The summed E-state index contributed by atoms with van der Waals surface area (Å²) in [5.74, 6) is 1.22. The van der Waals surface area contributed by atoms with Crippen LogP contribution in [0.15, 0.2) is 48.7 Å². The van der Waals surface area contributed by atoms with Crippen molar-refractivity contribution in [2.45, 2.75) is 6.61 Å². The van der Waals surface area contributed by atoms with Crippen LogP contribution in [0.2, 0.25) is 5.02 Å². The number of aromatic nitrogens is 2. The lowest BCUT2D eigenvalue weighted by molar-refractivity contribution is 0.122. The molecule has 0 saturated carbocycles. The van der Waals surface area contributed by atoms with Gasteiger partial charge >= 0.3 is 0 Å². The van der Waals surface area contributed by atoms with Crippen molar-refractivity contribution in [1.29, 1.82) is 0 Å². The van der Waals surface area contributed by atoms with Crippen LogP contribution in [0.4, 0.5) is 34.5 Å². The lowest BCUT2D eigenvalue weighted by Gasteiger charge is -2.33. The van der Waals surface area contributed by atoms with E-state index in [-0.39, 0.29) is 6.61 Å². The lowest BCUT2D eigenvalue weighted by atomic mass is 10.2. The number of nitrogens with zero attached hydrogens (tertiary/aromatic N) is 5. The van der Waals surface area contributed by atoms with Crippen LogP contribution < -0.4 is 20.0 Å². The fraction of sp³-hybridized carbons (Fsp3) is 0.385. The van der Waals surface area contributed by atoms with Crippen LogP contribution >= 0.6 is 11.6 Å². The molecule has 0 amide bonds. The highest BCUT2D eigenvalue weighted by Gasteiger charge is 2.18. The molecule has 0 unspecified atom stereocenters. The number of ether oxygens (including phenoxy) is 2. The van der Waals surface area contributed by atoms with Crippen molar-refractivity contribution < 1.29 is 14.6 Å². The van der Waals surface area contributed by atoms with Crippen molar-refractivity contribution in [3.63, 3.8) is 0 Å². The molecule has 36 heavy (non-hydrogen) atoms. The summed E-state index contributed by atoms with van der Waals surface area (Å²) in [7, 11) is 1.92. The highest BCUT2D eigenvalue weighted by molar-refractivity contribution is 6.31. The van der Waals surface area contributed by atoms with Gasteiger partial charge in [-0.05, 0) is 48.0 Å². The molecule has 0 aliphatic carbocycles. The first kappa shape index (κ1) is 24.6. The van der Waals surface area contributed by atoms with Crippen LogP contribution in [0.3, 0.4) is 0 Å². The zero-order chi connectivity index (χ0) is 24.9. The van der Waals surface area contributed by atoms with Gasteiger partial charge in [0.05, 0.1) is 33.0 Å². The Balaban J connectivity index is 1.41. The van der Waals surface area contributed by atoms with E-state index in [1.165, 1.54) is 0 Å². The molecule has 0 spiro atoms. The molecule has 3 heterocycles. The maximum atomic E-state index is 9.58. The Morgan fingerprint density at radius 2 is 1.58 bits per heavy atom. The van der Waals surface area contributed by atoms with E-state index in [1.807, 2.05) is 30.1 Å². The van der Waals surface area contributed by atoms with Gasteiger partial charge in [0.1, 0.15) is 5.82 Å². The van der Waals surface area contributed by atoms with Gasteiger partial charge in [0.25, 0.3) is 0 Å². The third-order valence-corrected chi connectivity index (χ3v) is 6.85.